The third kappa shape index (κ3) is 2.65. The number of nitrogens with zero attached hydrogens (tertiary/aromatic N) is 1. The van der Waals surface area contributed by atoms with Crippen molar-refractivity contribution >= 4 is 0 Å². The van der Waals surface area contributed by atoms with E-state index in [0.29, 0.717) is 0 Å². The van der Waals surface area contributed by atoms with Gasteiger partial charge in [-0.15, -0.1) is 0 Å². The molecule has 0 aromatic heterocycles. The molecular weight excluding hydrogens is 318 g/mol. The number of fused-ring (bicyclic) bond motifs is 3. The summed E-state index contributed by atoms with van der Waals surface area (Å²) in [5.74, 6) is -0.305. The van der Waals surface area contributed by atoms with Gasteiger partial charge in [0.05, 0.1) is 36.1 Å². The summed E-state index contributed by atoms with van der Waals surface area (Å²) < 4.78 is 26.0. The van der Waals surface area contributed by atoms with Crippen LogP contribution >= 0.6 is 0 Å². The normalized spacial score (nSPS) is 48.6. The topological polar surface area (TPSA) is 60.7 Å². The summed E-state index contributed by atoms with van der Waals surface area (Å²) in [6, 6.07) is 2.35. The predicted molar refractivity (Wildman–Crippen MR) is 89.7 cm³/mol. The third-order valence-corrected chi connectivity index (χ3v) is 7.07. The van der Waals surface area contributed by atoms with Crippen LogP contribution in [0.2, 0.25) is 0 Å². The fourth-order valence-corrected chi connectivity index (χ4v) is 5.94. The summed E-state index contributed by atoms with van der Waals surface area (Å²) in [6.45, 7) is 1.98. The molecule has 7 atom stereocenters. The van der Waals surface area contributed by atoms with Gasteiger partial charge in [0.25, 0.3) is 0 Å². The summed E-state index contributed by atoms with van der Waals surface area (Å²) in [7, 11) is 0. The van der Waals surface area contributed by atoms with Crippen molar-refractivity contribution in [2.24, 2.45) is 5.92 Å². The highest BCUT2D eigenvalue weighted by atomic mass is 16.8. The lowest BCUT2D eigenvalue weighted by atomic mass is 9.76. The molecule has 5 heteroatoms. The average Bonchev–Trinajstić information content (AvgIpc) is 3.11. The Labute approximate surface area is 149 Å². The molecule has 0 N–H and O–H groups in total. The van der Waals surface area contributed by atoms with Gasteiger partial charge in [-0.3, -0.25) is 0 Å². The second kappa shape index (κ2) is 5.92. The van der Waals surface area contributed by atoms with E-state index in [1.807, 2.05) is 6.92 Å². The Morgan fingerprint density at radius 3 is 2.64 bits per heavy atom. The summed E-state index contributed by atoms with van der Waals surface area (Å²) in [6.07, 6.45) is 11.0. The maximum Gasteiger partial charge on any atom is 0.169 e. The third-order valence-electron chi connectivity index (χ3n) is 7.07. The minimum atomic E-state index is -0.350. The van der Waals surface area contributed by atoms with Crippen LogP contribution in [0.5, 0.6) is 0 Å². The van der Waals surface area contributed by atoms with Gasteiger partial charge in [0.15, 0.2) is 5.79 Å². The monoisotopic (exact) mass is 347 g/mol. The Morgan fingerprint density at radius 2 is 1.84 bits per heavy atom. The summed E-state index contributed by atoms with van der Waals surface area (Å²) >= 11 is 0. The highest BCUT2D eigenvalue weighted by Gasteiger charge is 2.65. The van der Waals surface area contributed by atoms with Crippen molar-refractivity contribution in [1.82, 2.24) is 0 Å². The lowest BCUT2D eigenvalue weighted by molar-refractivity contribution is -0.216. The van der Waals surface area contributed by atoms with Gasteiger partial charge in [0.2, 0.25) is 0 Å². The molecule has 3 saturated heterocycles. The number of hydrogen-bond donors (Lipinski definition) is 0. The zero-order chi connectivity index (χ0) is 17.1. The second-order valence-electron chi connectivity index (χ2n) is 8.93. The molecule has 25 heavy (non-hydrogen) atoms. The van der Waals surface area contributed by atoms with Crippen molar-refractivity contribution in [3.63, 3.8) is 0 Å². The molecule has 0 radical (unpaired) electrons. The van der Waals surface area contributed by atoms with Crippen molar-refractivity contribution in [3.05, 3.63) is 0 Å². The molecule has 3 aliphatic heterocycles. The van der Waals surface area contributed by atoms with Gasteiger partial charge in [-0.1, -0.05) is 6.42 Å². The number of rotatable bonds is 2. The van der Waals surface area contributed by atoms with Crippen molar-refractivity contribution < 1.29 is 18.9 Å². The van der Waals surface area contributed by atoms with Crippen LogP contribution in [0.15, 0.2) is 0 Å². The first kappa shape index (κ1) is 16.5. The first-order chi connectivity index (χ1) is 12.1. The zero-order valence-corrected chi connectivity index (χ0v) is 15.1. The predicted octanol–water partition coefficient (Wildman–Crippen LogP) is 3.46. The van der Waals surface area contributed by atoms with Gasteiger partial charge in [-0.25, -0.2) is 0 Å². The second-order valence-corrected chi connectivity index (χ2v) is 8.93. The first-order valence-corrected chi connectivity index (χ1v) is 10.2. The summed E-state index contributed by atoms with van der Waals surface area (Å²) in [5, 5.41) is 9.12. The van der Waals surface area contributed by atoms with E-state index in [4.69, 9.17) is 24.2 Å². The molecule has 2 saturated carbocycles. The minimum Gasteiger partial charge on any atom is -0.369 e. The van der Waals surface area contributed by atoms with E-state index in [9.17, 15) is 0 Å². The van der Waals surface area contributed by atoms with E-state index >= 15 is 0 Å². The molecule has 5 unspecified atom stereocenters. The highest BCUT2D eigenvalue weighted by molar-refractivity contribution is 5.12. The number of nitriles is 1. The Morgan fingerprint density at radius 1 is 1.04 bits per heavy atom. The molecule has 0 aromatic rings. The van der Waals surface area contributed by atoms with E-state index in [1.54, 1.807) is 0 Å². The maximum atomic E-state index is 9.12. The van der Waals surface area contributed by atoms with Gasteiger partial charge in [0.1, 0.15) is 6.10 Å². The van der Waals surface area contributed by atoms with Crippen LogP contribution in [-0.4, -0.2) is 41.9 Å². The molecule has 2 bridgehead atoms. The van der Waals surface area contributed by atoms with Crippen LogP contribution in [0.3, 0.4) is 0 Å². The van der Waals surface area contributed by atoms with Crippen molar-refractivity contribution in [2.45, 2.75) is 113 Å². The Hall–Kier alpha value is -0.670. The average molecular weight is 347 g/mol. The standard InChI is InChI=1S/C20H29NO4/c1-13(12-21)9-14-5-6-17-19(23-14)10-15(22-17)18-16(11-19)24-20(25-18)7-3-2-4-8-20/h13-18H,2-11H2,1H3/t13?,14?,15-,16-,17?,18?,19?/m1/s1. The molecule has 2 spiro atoms. The molecular formula is C20H29NO4. The van der Waals surface area contributed by atoms with Crippen LogP contribution in [-0.2, 0) is 18.9 Å². The van der Waals surface area contributed by atoms with Crippen molar-refractivity contribution in [1.29, 1.82) is 5.26 Å². The molecule has 5 fully saturated rings. The van der Waals surface area contributed by atoms with Gasteiger partial charge in [-0.05, 0) is 39.0 Å². The summed E-state index contributed by atoms with van der Waals surface area (Å²) in [4.78, 5) is 0. The van der Waals surface area contributed by atoms with Crippen LogP contribution in [0.1, 0.15) is 71.1 Å². The molecule has 138 valence electrons. The van der Waals surface area contributed by atoms with Crippen molar-refractivity contribution in [3.8, 4) is 6.07 Å². The van der Waals surface area contributed by atoms with E-state index in [-0.39, 0.29) is 47.8 Å². The highest BCUT2D eigenvalue weighted by Crippen LogP contribution is 2.55. The van der Waals surface area contributed by atoms with E-state index in [2.05, 4.69) is 6.07 Å². The van der Waals surface area contributed by atoms with E-state index < -0.39 is 0 Å². The quantitative estimate of drug-likeness (QED) is 0.765. The molecule has 0 aromatic carbocycles. The van der Waals surface area contributed by atoms with Gasteiger partial charge >= 0.3 is 0 Å². The Bertz CT molecular complexity index is 569. The molecule has 0 amide bonds. The number of hydrogen-bond acceptors (Lipinski definition) is 5. The first-order valence-electron chi connectivity index (χ1n) is 10.2. The van der Waals surface area contributed by atoms with Crippen LogP contribution in [0.25, 0.3) is 0 Å². The Kier molecular flexibility index (Phi) is 3.91. The van der Waals surface area contributed by atoms with Crippen LogP contribution in [0.4, 0.5) is 0 Å². The van der Waals surface area contributed by atoms with Crippen molar-refractivity contribution in [2.75, 3.05) is 0 Å². The minimum absolute atomic E-state index is 0.0454. The van der Waals surface area contributed by atoms with E-state index in [1.165, 1.54) is 19.3 Å². The van der Waals surface area contributed by atoms with E-state index in [0.717, 1.165) is 44.9 Å². The lowest BCUT2D eigenvalue weighted by Gasteiger charge is -2.44. The SMILES string of the molecule is CC(C#N)CC1CCC2O[C@@H]3CC2(C[C@H]2OC4(CCCCC4)OC32)O1. The van der Waals surface area contributed by atoms with Gasteiger partial charge in [-0.2, -0.15) is 5.26 Å². The molecule has 5 aliphatic rings. The lowest BCUT2D eigenvalue weighted by Crippen LogP contribution is -2.53. The van der Waals surface area contributed by atoms with Gasteiger partial charge < -0.3 is 18.9 Å². The van der Waals surface area contributed by atoms with Crippen LogP contribution < -0.4 is 0 Å². The van der Waals surface area contributed by atoms with Crippen LogP contribution in [0, 0.1) is 17.2 Å². The smallest absolute Gasteiger partial charge is 0.169 e. The van der Waals surface area contributed by atoms with Gasteiger partial charge in [0, 0.05) is 31.6 Å². The molecule has 5 rings (SSSR count). The Balaban J connectivity index is 1.33. The number of ether oxygens (including phenoxy) is 4. The molecule has 3 heterocycles. The largest absolute Gasteiger partial charge is 0.369 e. The zero-order valence-electron chi connectivity index (χ0n) is 15.1. The fraction of sp³-hybridized carbons (Fsp3) is 0.950. The summed E-state index contributed by atoms with van der Waals surface area (Å²) in [5.41, 5.74) is -0.215. The fourth-order valence-electron chi connectivity index (χ4n) is 5.94. The molecule has 5 nitrogen and oxygen atoms in total. The molecule has 2 aliphatic carbocycles. The maximum absolute atomic E-state index is 9.12.